The molecule has 3 rings (SSSR count). The summed E-state index contributed by atoms with van der Waals surface area (Å²) in [5.41, 5.74) is 0.775. The molecule has 0 saturated carbocycles. The van der Waals surface area contributed by atoms with Gasteiger partial charge in [0.25, 0.3) is 5.91 Å². The summed E-state index contributed by atoms with van der Waals surface area (Å²) in [4.78, 5) is 64.1. The van der Waals surface area contributed by atoms with Gasteiger partial charge >= 0.3 is 12.1 Å². The van der Waals surface area contributed by atoms with Gasteiger partial charge in [0, 0.05) is 50.5 Å². The highest BCUT2D eigenvalue weighted by Gasteiger charge is 2.32. The van der Waals surface area contributed by atoms with Gasteiger partial charge in [-0.25, -0.2) is 14.8 Å². The maximum Gasteiger partial charge on any atom is 0.409 e. The number of ether oxygens (including phenoxy) is 2. The number of aliphatic hydroxyl groups is 1. The van der Waals surface area contributed by atoms with Crippen LogP contribution in [0.2, 0.25) is 0 Å². The molecule has 0 unspecified atom stereocenters. The van der Waals surface area contributed by atoms with Gasteiger partial charge in [-0.05, 0) is 59.4 Å². The number of aliphatic hydroxyl groups excluding tert-OH is 1. The highest BCUT2D eigenvalue weighted by atomic mass is 16.6. The molecular weight excluding hydrogens is 554 g/mol. The molecule has 1 aromatic carbocycles. The molecule has 2 heterocycles. The van der Waals surface area contributed by atoms with Crippen LogP contribution in [-0.2, 0) is 25.5 Å². The number of esters is 1. The van der Waals surface area contributed by atoms with Crippen molar-refractivity contribution in [2.24, 2.45) is 0 Å². The van der Waals surface area contributed by atoms with Gasteiger partial charge in [0.1, 0.15) is 17.3 Å². The number of amides is 3. The van der Waals surface area contributed by atoms with Crippen LogP contribution in [0.25, 0.3) is 11.4 Å². The van der Waals surface area contributed by atoms with Crippen molar-refractivity contribution in [2.75, 3.05) is 39.4 Å². The second kappa shape index (κ2) is 16.0. The minimum absolute atomic E-state index is 0.0254. The van der Waals surface area contributed by atoms with Crippen LogP contribution in [0.5, 0.6) is 0 Å². The van der Waals surface area contributed by atoms with E-state index in [-0.39, 0.29) is 50.7 Å². The maximum absolute atomic E-state index is 13.7. The van der Waals surface area contributed by atoms with E-state index < -0.39 is 29.6 Å². The molecule has 1 atom stereocenters. The zero-order valence-corrected chi connectivity index (χ0v) is 25.5. The number of nitrogens with zero attached hydrogens (tertiary/aromatic N) is 4. The smallest absolute Gasteiger partial charge is 0.409 e. The standard InChI is InChI=1S/C31H43N5O7/c1-5-42-30(41)36-18-16-35(17-19-36)29(40)24(14-15-26(38)43-31(2,3)4)34-28(39)25-21-23(13-9-10-20-37)32-27(33-25)22-11-7-6-8-12-22/h6-8,11-12,21,24,37H,5,9-10,13-20H2,1-4H3,(H,34,39)/t24-/m0/s1. The summed E-state index contributed by atoms with van der Waals surface area (Å²) in [6.07, 6.45) is 1.32. The molecule has 1 fully saturated rings. The Morgan fingerprint density at radius 1 is 1.00 bits per heavy atom. The Morgan fingerprint density at radius 3 is 2.30 bits per heavy atom. The molecule has 0 spiro atoms. The largest absolute Gasteiger partial charge is 0.460 e. The average Bonchev–Trinajstić information content (AvgIpc) is 2.98. The molecular formula is C31H43N5O7. The van der Waals surface area contributed by atoms with Gasteiger partial charge in [-0.15, -0.1) is 0 Å². The second-order valence-electron chi connectivity index (χ2n) is 11.3. The van der Waals surface area contributed by atoms with Gasteiger partial charge in [-0.1, -0.05) is 30.3 Å². The topological polar surface area (TPSA) is 151 Å². The van der Waals surface area contributed by atoms with Crippen molar-refractivity contribution in [2.45, 2.75) is 71.4 Å². The Labute approximate surface area is 252 Å². The van der Waals surface area contributed by atoms with Crippen LogP contribution in [-0.4, -0.2) is 99.8 Å². The van der Waals surface area contributed by atoms with Gasteiger partial charge < -0.3 is 29.7 Å². The first-order chi connectivity index (χ1) is 20.5. The van der Waals surface area contributed by atoms with Crippen molar-refractivity contribution >= 4 is 23.9 Å². The van der Waals surface area contributed by atoms with Crippen LogP contribution >= 0.6 is 0 Å². The van der Waals surface area contributed by atoms with Crippen LogP contribution in [0, 0.1) is 0 Å². The summed E-state index contributed by atoms with van der Waals surface area (Å²) in [6, 6.07) is 9.83. The lowest BCUT2D eigenvalue weighted by Gasteiger charge is -2.36. The van der Waals surface area contributed by atoms with Crippen molar-refractivity contribution in [3.8, 4) is 11.4 Å². The number of unbranched alkanes of at least 4 members (excludes halogenated alkanes) is 1. The zero-order chi connectivity index (χ0) is 31.4. The van der Waals surface area contributed by atoms with Gasteiger partial charge in [0.05, 0.1) is 6.61 Å². The van der Waals surface area contributed by atoms with Gasteiger partial charge in [-0.2, -0.15) is 0 Å². The fourth-order valence-electron chi connectivity index (χ4n) is 4.56. The lowest BCUT2D eigenvalue weighted by Crippen LogP contribution is -2.56. The van der Waals surface area contributed by atoms with Gasteiger partial charge in [0.2, 0.25) is 5.91 Å². The van der Waals surface area contributed by atoms with E-state index in [2.05, 4.69) is 15.3 Å². The molecule has 12 heteroatoms. The molecule has 2 aromatic rings. The van der Waals surface area contributed by atoms with Gasteiger partial charge in [-0.3, -0.25) is 14.4 Å². The molecule has 234 valence electrons. The zero-order valence-electron chi connectivity index (χ0n) is 25.5. The van der Waals surface area contributed by atoms with Crippen molar-refractivity contribution in [3.63, 3.8) is 0 Å². The average molecular weight is 598 g/mol. The predicted octanol–water partition coefficient (Wildman–Crippen LogP) is 2.98. The van der Waals surface area contributed by atoms with E-state index >= 15 is 0 Å². The number of hydrogen-bond donors (Lipinski definition) is 2. The molecule has 1 saturated heterocycles. The fourth-order valence-corrected chi connectivity index (χ4v) is 4.56. The molecule has 43 heavy (non-hydrogen) atoms. The quantitative estimate of drug-likeness (QED) is 0.278. The fraction of sp³-hybridized carbons (Fsp3) is 0.548. The van der Waals surface area contributed by atoms with Crippen LogP contribution < -0.4 is 5.32 Å². The molecule has 0 bridgehead atoms. The number of carbonyl (C=O) groups is 4. The highest BCUT2D eigenvalue weighted by molar-refractivity contribution is 5.96. The van der Waals surface area contributed by atoms with Crippen molar-refractivity contribution in [1.82, 2.24) is 25.1 Å². The minimum Gasteiger partial charge on any atom is -0.460 e. The molecule has 2 N–H and O–H groups in total. The van der Waals surface area contributed by atoms with Crippen molar-refractivity contribution in [1.29, 1.82) is 0 Å². The number of nitrogens with one attached hydrogen (secondary N) is 1. The van der Waals surface area contributed by atoms with Crippen LogP contribution in [0.4, 0.5) is 4.79 Å². The third kappa shape index (κ3) is 10.6. The first-order valence-corrected chi connectivity index (χ1v) is 14.8. The Kier molecular flexibility index (Phi) is 12.4. The molecule has 1 aliphatic heterocycles. The van der Waals surface area contributed by atoms with Crippen molar-refractivity contribution in [3.05, 3.63) is 47.8 Å². The molecule has 0 aliphatic carbocycles. The molecule has 1 aromatic heterocycles. The predicted molar refractivity (Wildman–Crippen MR) is 159 cm³/mol. The summed E-state index contributed by atoms with van der Waals surface area (Å²) >= 11 is 0. The summed E-state index contributed by atoms with van der Waals surface area (Å²) in [7, 11) is 0. The third-order valence-corrected chi connectivity index (χ3v) is 6.66. The minimum atomic E-state index is -1.03. The van der Waals surface area contributed by atoms with E-state index in [0.29, 0.717) is 43.9 Å². The number of piperazine rings is 1. The van der Waals surface area contributed by atoms with E-state index in [9.17, 15) is 24.3 Å². The summed E-state index contributed by atoms with van der Waals surface area (Å²) in [5, 5.41) is 12.0. The third-order valence-electron chi connectivity index (χ3n) is 6.66. The van der Waals surface area contributed by atoms with Crippen LogP contribution in [0.15, 0.2) is 36.4 Å². The number of rotatable bonds is 12. The number of carbonyl (C=O) groups excluding carboxylic acids is 4. The Balaban J connectivity index is 1.82. The van der Waals surface area contributed by atoms with Crippen LogP contribution in [0.1, 0.15) is 69.6 Å². The Morgan fingerprint density at radius 2 is 1.67 bits per heavy atom. The Hall–Kier alpha value is -4.06. The second-order valence-corrected chi connectivity index (χ2v) is 11.3. The number of hydrogen-bond acceptors (Lipinski definition) is 9. The van der Waals surface area contributed by atoms with E-state index in [0.717, 1.165) is 5.56 Å². The summed E-state index contributed by atoms with van der Waals surface area (Å²) in [5.74, 6) is -1.04. The van der Waals surface area contributed by atoms with Crippen LogP contribution in [0.3, 0.4) is 0 Å². The lowest BCUT2D eigenvalue weighted by molar-refractivity contribution is -0.155. The molecule has 3 amide bonds. The molecule has 0 radical (unpaired) electrons. The maximum atomic E-state index is 13.7. The van der Waals surface area contributed by atoms with Crippen molar-refractivity contribution < 1.29 is 33.8 Å². The highest BCUT2D eigenvalue weighted by Crippen LogP contribution is 2.18. The van der Waals surface area contributed by atoms with E-state index in [1.54, 1.807) is 38.7 Å². The normalized spacial score (nSPS) is 14.2. The number of aromatic nitrogens is 2. The number of aryl methyl sites for hydroxylation is 1. The number of benzene rings is 1. The SMILES string of the molecule is CCOC(=O)N1CCN(C(=O)[C@H](CCC(=O)OC(C)(C)C)NC(=O)c2cc(CCCCO)nc(-c3ccccc3)n2)CC1. The molecule has 12 nitrogen and oxygen atoms in total. The van der Waals surface area contributed by atoms with E-state index in [1.165, 1.54) is 4.90 Å². The molecule has 1 aliphatic rings. The van der Waals surface area contributed by atoms with E-state index in [1.807, 2.05) is 30.3 Å². The van der Waals surface area contributed by atoms with Gasteiger partial charge in [0.15, 0.2) is 5.82 Å². The summed E-state index contributed by atoms with van der Waals surface area (Å²) < 4.78 is 10.5. The Bertz CT molecular complexity index is 1240. The first kappa shape index (κ1) is 33.4. The lowest BCUT2D eigenvalue weighted by atomic mass is 10.1. The first-order valence-electron chi connectivity index (χ1n) is 14.8. The summed E-state index contributed by atoms with van der Waals surface area (Å²) in [6.45, 7) is 8.43. The van der Waals surface area contributed by atoms with E-state index in [4.69, 9.17) is 9.47 Å². The monoisotopic (exact) mass is 597 g/mol.